The van der Waals surface area contributed by atoms with Crippen molar-refractivity contribution in [3.63, 3.8) is 0 Å². The summed E-state index contributed by atoms with van der Waals surface area (Å²) in [6.07, 6.45) is 0. The molecular formula is C11H9NO3S. The van der Waals surface area contributed by atoms with Gasteiger partial charge in [-0.05, 0) is 23.3 Å². The fourth-order valence-electron chi connectivity index (χ4n) is 1.40. The molecule has 0 atom stereocenters. The molecule has 1 N–H and O–H groups in total. The van der Waals surface area contributed by atoms with Crippen LogP contribution in [0.2, 0.25) is 0 Å². The first-order valence-corrected chi connectivity index (χ1v) is 5.47. The summed E-state index contributed by atoms with van der Waals surface area (Å²) in [5.41, 5.74) is 1.69. The molecule has 0 spiro atoms. The molecule has 4 nitrogen and oxygen atoms in total. The molecule has 0 unspecified atom stereocenters. The number of hydrogen-bond acceptors (Lipinski definition) is 4. The summed E-state index contributed by atoms with van der Waals surface area (Å²) in [5.74, 6) is 0. The Morgan fingerprint density at radius 3 is 2.75 bits per heavy atom. The van der Waals surface area contributed by atoms with E-state index in [2.05, 4.69) is 0 Å². The molecule has 82 valence electrons. The SMILES string of the molecule is O=[N+]([O-])c1ccc(-c2cccc(CO)c2)s1. The first-order chi connectivity index (χ1) is 7.70. The predicted molar refractivity (Wildman–Crippen MR) is 62.3 cm³/mol. The van der Waals surface area contributed by atoms with Crippen molar-refractivity contribution in [1.29, 1.82) is 0 Å². The second kappa shape index (κ2) is 4.42. The van der Waals surface area contributed by atoms with E-state index < -0.39 is 4.92 Å². The summed E-state index contributed by atoms with van der Waals surface area (Å²) in [7, 11) is 0. The maximum absolute atomic E-state index is 10.5. The molecule has 1 aromatic heterocycles. The van der Waals surface area contributed by atoms with E-state index in [4.69, 9.17) is 5.11 Å². The van der Waals surface area contributed by atoms with E-state index in [1.807, 2.05) is 24.3 Å². The predicted octanol–water partition coefficient (Wildman–Crippen LogP) is 2.82. The smallest absolute Gasteiger partial charge is 0.324 e. The zero-order valence-corrected chi connectivity index (χ0v) is 9.11. The van der Waals surface area contributed by atoms with Gasteiger partial charge in [-0.2, -0.15) is 0 Å². The van der Waals surface area contributed by atoms with E-state index in [9.17, 15) is 10.1 Å². The highest BCUT2D eigenvalue weighted by molar-refractivity contribution is 7.18. The Hall–Kier alpha value is -1.72. The fourth-order valence-corrected chi connectivity index (χ4v) is 2.22. The molecule has 5 heteroatoms. The molecule has 0 amide bonds. The zero-order chi connectivity index (χ0) is 11.5. The molecule has 0 aliphatic rings. The monoisotopic (exact) mass is 235 g/mol. The third-order valence-corrected chi connectivity index (χ3v) is 3.25. The number of hydrogen-bond donors (Lipinski definition) is 1. The van der Waals surface area contributed by atoms with Crippen LogP contribution in [0.1, 0.15) is 5.56 Å². The molecule has 0 bridgehead atoms. The van der Waals surface area contributed by atoms with Crippen LogP contribution in [-0.2, 0) is 6.61 Å². The molecule has 0 radical (unpaired) electrons. The van der Waals surface area contributed by atoms with Crippen molar-refractivity contribution in [3.8, 4) is 10.4 Å². The van der Waals surface area contributed by atoms with Crippen LogP contribution >= 0.6 is 11.3 Å². The summed E-state index contributed by atoms with van der Waals surface area (Å²) in [6, 6.07) is 10.5. The van der Waals surface area contributed by atoms with Crippen molar-refractivity contribution in [1.82, 2.24) is 0 Å². The Balaban J connectivity index is 2.38. The van der Waals surface area contributed by atoms with E-state index in [-0.39, 0.29) is 11.6 Å². The molecule has 16 heavy (non-hydrogen) atoms. The Morgan fingerprint density at radius 2 is 2.12 bits per heavy atom. The minimum absolute atomic E-state index is 0.0265. The van der Waals surface area contributed by atoms with Crippen LogP contribution in [0.25, 0.3) is 10.4 Å². The lowest BCUT2D eigenvalue weighted by molar-refractivity contribution is -0.380. The van der Waals surface area contributed by atoms with Gasteiger partial charge >= 0.3 is 5.00 Å². The fraction of sp³-hybridized carbons (Fsp3) is 0.0909. The van der Waals surface area contributed by atoms with Crippen molar-refractivity contribution in [2.45, 2.75) is 6.61 Å². The maximum Gasteiger partial charge on any atom is 0.324 e. The van der Waals surface area contributed by atoms with Crippen LogP contribution in [0.3, 0.4) is 0 Å². The summed E-state index contributed by atoms with van der Waals surface area (Å²) >= 11 is 1.13. The average molecular weight is 235 g/mol. The van der Waals surface area contributed by atoms with Crippen molar-refractivity contribution >= 4 is 16.3 Å². The topological polar surface area (TPSA) is 63.4 Å². The minimum atomic E-state index is -0.399. The van der Waals surface area contributed by atoms with Gasteiger partial charge in [0.05, 0.1) is 11.5 Å². The van der Waals surface area contributed by atoms with E-state index in [1.165, 1.54) is 6.07 Å². The summed E-state index contributed by atoms with van der Waals surface area (Å²) < 4.78 is 0. The third-order valence-electron chi connectivity index (χ3n) is 2.17. The Labute approximate surface area is 95.9 Å². The number of aliphatic hydroxyl groups excluding tert-OH is 1. The van der Waals surface area contributed by atoms with Gasteiger partial charge in [0, 0.05) is 10.9 Å². The molecule has 1 aromatic carbocycles. The number of aliphatic hydroxyl groups is 1. The van der Waals surface area contributed by atoms with E-state index >= 15 is 0 Å². The van der Waals surface area contributed by atoms with Crippen LogP contribution in [0.15, 0.2) is 36.4 Å². The largest absolute Gasteiger partial charge is 0.392 e. The van der Waals surface area contributed by atoms with Crippen molar-refractivity contribution in [2.75, 3.05) is 0 Å². The number of thiophene rings is 1. The quantitative estimate of drug-likeness (QED) is 0.657. The first kappa shape index (κ1) is 10.8. The molecule has 0 fully saturated rings. The van der Waals surface area contributed by atoms with Gasteiger partial charge in [-0.1, -0.05) is 29.5 Å². The van der Waals surface area contributed by atoms with E-state index in [0.29, 0.717) is 0 Å². The lowest BCUT2D eigenvalue weighted by atomic mass is 10.1. The van der Waals surface area contributed by atoms with Gasteiger partial charge in [-0.3, -0.25) is 10.1 Å². The van der Waals surface area contributed by atoms with Gasteiger partial charge < -0.3 is 5.11 Å². The molecular weight excluding hydrogens is 226 g/mol. The average Bonchev–Trinajstić information content (AvgIpc) is 2.78. The Bertz CT molecular complexity index is 521. The number of rotatable bonds is 3. The van der Waals surface area contributed by atoms with Gasteiger partial charge in [0.25, 0.3) is 0 Å². The molecule has 1 heterocycles. The van der Waals surface area contributed by atoms with Crippen molar-refractivity contribution < 1.29 is 10.0 Å². The van der Waals surface area contributed by atoms with Crippen LogP contribution in [-0.4, -0.2) is 10.0 Å². The van der Waals surface area contributed by atoms with Gasteiger partial charge in [0.15, 0.2) is 0 Å². The zero-order valence-electron chi connectivity index (χ0n) is 8.29. The van der Waals surface area contributed by atoms with Gasteiger partial charge in [-0.25, -0.2) is 0 Å². The number of nitrogens with zero attached hydrogens (tertiary/aromatic N) is 1. The van der Waals surface area contributed by atoms with Crippen molar-refractivity contribution in [2.24, 2.45) is 0 Å². The van der Waals surface area contributed by atoms with Crippen LogP contribution in [0.5, 0.6) is 0 Å². The number of benzene rings is 1. The van der Waals surface area contributed by atoms with Crippen molar-refractivity contribution in [3.05, 3.63) is 52.1 Å². The Kier molecular flexibility index (Phi) is 2.98. The normalized spacial score (nSPS) is 10.3. The molecule has 0 saturated carbocycles. The highest BCUT2D eigenvalue weighted by Gasteiger charge is 2.10. The van der Waals surface area contributed by atoms with Crippen LogP contribution < -0.4 is 0 Å². The second-order valence-corrected chi connectivity index (χ2v) is 4.32. The lowest BCUT2D eigenvalue weighted by Gasteiger charge is -1.99. The Morgan fingerprint density at radius 1 is 1.31 bits per heavy atom. The molecule has 0 aliphatic carbocycles. The van der Waals surface area contributed by atoms with Gasteiger partial charge in [-0.15, -0.1) is 0 Å². The highest BCUT2D eigenvalue weighted by atomic mass is 32.1. The molecule has 0 aliphatic heterocycles. The maximum atomic E-state index is 10.5. The van der Waals surface area contributed by atoms with E-state index in [1.54, 1.807) is 6.07 Å². The second-order valence-electron chi connectivity index (χ2n) is 3.25. The minimum Gasteiger partial charge on any atom is -0.392 e. The summed E-state index contributed by atoms with van der Waals surface area (Å²) in [6.45, 7) is -0.0265. The highest BCUT2D eigenvalue weighted by Crippen LogP contribution is 2.32. The first-order valence-electron chi connectivity index (χ1n) is 4.65. The number of nitro groups is 1. The molecule has 0 saturated heterocycles. The summed E-state index contributed by atoms with van der Waals surface area (Å²) in [4.78, 5) is 11.0. The molecule has 2 aromatic rings. The van der Waals surface area contributed by atoms with E-state index in [0.717, 1.165) is 27.3 Å². The van der Waals surface area contributed by atoms with Crippen LogP contribution in [0.4, 0.5) is 5.00 Å². The third kappa shape index (κ3) is 2.10. The lowest BCUT2D eigenvalue weighted by Crippen LogP contribution is -1.82. The standard InChI is InChI=1S/C11H9NO3S/c13-7-8-2-1-3-9(6-8)10-4-5-11(16-10)12(14)15/h1-6,13H,7H2. The van der Waals surface area contributed by atoms with Gasteiger partial charge in [0.2, 0.25) is 0 Å². The summed E-state index contributed by atoms with van der Waals surface area (Å²) in [5, 5.41) is 19.7. The van der Waals surface area contributed by atoms with Crippen LogP contribution in [0, 0.1) is 10.1 Å². The molecule has 2 rings (SSSR count). The van der Waals surface area contributed by atoms with Gasteiger partial charge in [0.1, 0.15) is 0 Å².